The molecule has 1 fully saturated rings. The summed E-state index contributed by atoms with van der Waals surface area (Å²) in [6.07, 6.45) is 3.90. The van der Waals surface area contributed by atoms with Gasteiger partial charge in [-0.05, 0) is 37.1 Å². The van der Waals surface area contributed by atoms with Crippen LogP contribution in [-0.4, -0.2) is 29.6 Å². The summed E-state index contributed by atoms with van der Waals surface area (Å²) in [5.74, 6) is 0.130. The van der Waals surface area contributed by atoms with Crippen LogP contribution in [0.25, 0.3) is 0 Å². The Bertz CT molecular complexity index is 550. The van der Waals surface area contributed by atoms with Crippen molar-refractivity contribution in [2.45, 2.75) is 31.8 Å². The summed E-state index contributed by atoms with van der Waals surface area (Å²) >= 11 is 0. The molecule has 23 heavy (non-hydrogen) atoms. The van der Waals surface area contributed by atoms with E-state index in [-0.39, 0.29) is 5.92 Å². The van der Waals surface area contributed by atoms with E-state index in [0.717, 1.165) is 30.8 Å². The van der Waals surface area contributed by atoms with Crippen LogP contribution in [0, 0.1) is 5.92 Å². The maximum Gasteiger partial charge on any atom is 0.118 e. The maximum absolute atomic E-state index is 11.7. The van der Waals surface area contributed by atoms with Crippen molar-refractivity contribution in [3.63, 3.8) is 0 Å². The van der Waals surface area contributed by atoms with Gasteiger partial charge in [-0.1, -0.05) is 74.0 Å². The van der Waals surface area contributed by atoms with Gasteiger partial charge in [-0.3, -0.25) is 0 Å². The molecule has 0 amide bonds. The molecule has 2 nitrogen and oxygen atoms in total. The van der Waals surface area contributed by atoms with Gasteiger partial charge in [0, 0.05) is 12.5 Å². The van der Waals surface area contributed by atoms with E-state index >= 15 is 0 Å². The first kappa shape index (κ1) is 16.2. The summed E-state index contributed by atoms with van der Waals surface area (Å²) in [4.78, 5) is 2.50. The Hall–Kier alpha value is -1.64. The number of piperidine rings is 1. The standard InChI is InChI=1S/C21H27NO/c1-18(17-22-15-9-4-10-16-22)21(23,19-11-5-2-6-12-19)20-13-7-3-8-14-20/h2-3,5-8,11-14,18,23H,4,9-10,15-17H2,1H3. The minimum atomic E-state index is -0.944. The quantitative estimate of drug-likeness (QED) is 0.901. The zero-order chi connectivity index (χ0) is 16.1. The topological polar surface area (TPSA) is 23.5 Å². The molecule has 1 N–H and O–H groups in total. The van der Waals surface area contributed by atoms with Gasteiger partial charge in [0.25, 0.3) is 0 Å². The van der Waals surface area contributed by atoms with Crippen molar-refractivity contribution in [1.82, 2.24) is 4.90 Å². The zero-order valence-electron chi connectivity index (χ0n) is 14.0. The van der Waals surface area contributed by atoms with Crippen molar-refractivity contribution in [1.29, 1.82) is 0 Å². The number of hydrogen-bond donors (Lipinski definition) is 1. The van der Waals surface area contributed by atoms with Gasteiger partial charge in [0.05, 0.1) is 0 Å². The molecule has 0 spiro atoms. The zero-order valence-corrected chi connectivity index (χ0v) is 14.0. The summed E-state index contributed by atoms with van der Waals surface area (Å²) in [6.45, 7) is 5.42. The molecule has 2 aromatic carbocycles. The maximum atomic E-state index is 11.7. The highest BCUT2D eigenvalue weighted by Gasteiger charge is 2.38. The highest BCUT2D eigenvalue weighted by Crippen LogP contribution is 2.37. The van der Waals surface area contributed by atoms with Crippen molar-refractivity contribution in [2.24, 2.45) is 5.92 Å². The lowest BCUT2D eigenvalue weighted by atomic mass is 9.76. The fourth-order valence-electron chi connectivity index (χ4n) is 3.78. The molecule has 1 atom stereocenters. The SMILES string of the molecule is CC(CN1CCCCC1)C(O)(c1ccccc1)c1ccccc1. The van der Waals surface area contributed by atoms with E-state index in [1.165, 1.54) is 19.3 Å². The van der Waals surface area contributed by atoms with E-state index in [9.17, 15) is 5.11 Å². The van der Waals surface area contributed by atoms with Gasteiger partial charge in [0.2, 0.25) is 0 Å². The number of rotatable bonds is 5. The van der Waals surface area contributed by atoms with Crippen LogP contribution in [0.15, 0.2) is 60.7 Å². The summed E-state index contributed by atoms with van der Waals surface area (Å²) < 4.78 is 0. The Kier molecular flexibility index (Phi) is 5.14. The number of benzene rings is 2. The molecule has 0 aliphatic carbocycles. The number of hydrogen-bond acceptors (Lipinski definition) is 2. The fraction of sp³-hybridized carbons (Fsp3) is 0.429. The van der Waals surface area contributed by atoms with Crippen LogP contribution in [0.2, 0.25) is 0 Å². The van der Waals surface area contributed by atoms with Crippen LogP contribution < -0.4 is 0 Å². The molecule has 1 aliphatic heterocycles. The third kappa shape index (κ3) is 3.49. The normalized spacial score (nSPS) is 17.8. The average Bonchev–Trinajstić information content (AvgIpc) is 2.63. The van der Waals surface area contributed by atoms with E-state index in [2.05, 4.69) is 11.8 Å². The first-order valence-corrected chi connectivity index (χ1v) is 8.77. The van der Waals surface area contributed by atoms with Gasteiger partial charge < -0.3 is 10.0 Å². The molecule has 1 heterocycles. The van der Waals surface area contributed by atoms with Crippen LogP contribution in [-0.2, 0) is 5.60 Å². The van der Waals surface area contributed by atoms with E-state index in [4.69, 9.17) is 0 Å². The second-order valence-electron chi connectivity index (χ2n) is 6.76. The predicted molar refractivity (Wildman–Crippen MR) is 95.3 cm³/mol. The molecule has 122 valence electrons. The third-order valence-corrected chi connectivity index (χ3v) is 5.12. The number of likely N-dealkylation sites (tertiary alicyclic amines) is 1. The van der Waals surface area contributed by atoms with Gasteiger partial charge in [-0.15, -0.1) is 0 Å². The number of aliphatic hydroxyl groups is 1. The van der Waals surface area contributed by atoms with Crippen molar-refractivity contribution in [3.05, 3.63) is 71.8 Å². The first-order chi connectivity index (χ1) is 11.2. The second kappa shape index (κ2) is 7.29. The van der Waals surface area contributed by atoms with Crippen LogP contribution >= 0.6 is 0 Å². The molecule has 3 rings (SSSR count). The summed E-state index contributed by atoms with van der Waals surface area (Å²) in [6, 6.07) is 20.2. The van der Waals surface area contributed by atoms with E-state index in [0.29, 0.717) is 0 Å². The Balaban J connectivity index is 1.91. The fourth-order valence-corrected chi connectivity index (χ4v) is 3.78. The van der Waals surface area contributed by atoms with Gasteiger partial charge in [0.15, 0.2) is 0 Å². The van der Waals surface area contributed by atoms with Gasteiger partial charge in [-0.2, -0.15) is 0 Å². The smallest absolute Gasteiger partial charge is 0.118 e. The minimum Gasteiger partial charge on any atom is -0.380 e. The van der Waals surface area contributed by atoms with Crippen molar-refractivity contribution < 1.29 is 5.11 Å². The molecule has 1 unspecified atom stereocenters. The van der Waals surface area contributed by atoms with Crippen LogP contribution in [0.5, 0.6) is 0 Å². The molecule has 1 saturated heterocycles. The molecular weight excluding hydrogens is 282 g/mol. The number of nitrogens with zero attached hydrogens (tertiary/aromatic N) is 1. The Morgan fingerprint density at radius 2 is 1.35 bits per heavy atom. The second-order valence-corrected chi connectivity index (χ2v) is 6.76. The van der Waals surface area contributed by atoms with E-state index in [1.54, 1.807) is 0 Å². The summed E-state index contributed by atoms with van der Waals surface area (Å²) in [5.41, 5.74) is 1.02. The first-order valence-electron chi connectivity index (χ1n) is 8.77. The lowest BCUT2D eigenvalue weighted by Crippen LogP contribution is -2.43. The third-order valence-electron chi connectivity index (χ3n) is 5.12. The lowest BCUT2D eigenvalue weighted by Gasteiger charge is -2.39. The molecule has 1 aliphatic rings. The van der Waals surface area contributed by atoms with Crippen molar-refractivity contribution in [2.75, 3.05) is 19.6 Å². The van der Waals surface area contributed by atoms with Crippen molar-refractivity contribution >= 4 is 0 Å². The summed E-state index contributed by atoms with van der Waals surface area (Å²) in [7, 11) is 0. The molecule has 0 aromatic heterocycles. The molecular formula is C21H27NO. The monoisotopic (exact) mass is 309 g/mol. The molecule has 0 saturated carbocycles. The van der Waals surface area contributed by atoms with Crippen LogP contribution in [0.1, 0.15) is 37.3 Å². The largest absolute Gasteiger partial charge is 0.380 e. The predicted octanol–water partition coefficient (Wildman–Crippen LogP) is 4.04. The van der Waals surface area contributed by atoms with E-state index < -0.39 is 5.60 Å². The minimum absolute atomic E-state index is 0.130. The van der Waals surface area contributed by atoms with Crippen LogP contribution in [0.3, 0.4) is 0 Å². The Morgan fingerprint density at radius 3 is 1.83 bits per heavy atom. The Morgan fingerprint density at radius 1 is 0.870 bits per heavy atom. The Labute approximate surface area is 139 Å². The van der Waals surface area contributed by atoms with Gasteiger partial charge in [-0.25, -0.2) is 0 Å². The molecule has 0 bridgehead atoms. The van der Waals surface area contributed by atoms with E-state index in [1.807, 2.05) is 60.7 Å². The average molecular weight is 309 g/mol. The van der Waals surface area contributed by atoms with Gasteiger partial charge >= 0.3 is 0 Å². The highest BCUT2D eigenvalue weighted by atomic mass is 16.3. The summed E-state index contributed by atoms with van der Waals surface area (Å²) in [5, 5.41) is 11.7. The molecule has 2 heteroatoms. The lowest BCUT2D eigenvalue weighted by molar-refractivity contribution is 0.00490. The van der Waals surface area contributed by atoms with Crippen LogP contribution in [0.4, 0.5) is 0 Å². The van der Waals surface area contributed by atoms with Gasteiger partial charge in [0.1, 0.15) is 5.60 Å². The van der Waals surface area contributed by atoms with Crippen molar-refractivity contribution in [3.8, 4) is 0 Å². The molecule has 0 radical (unpaired) electrons. The molecule has 2 aromatic rings. The highest BCUT2D eigenvalue weighted by molar-refractivity contribution is 5.36.